The lowest BCUT2D eigenvalue weighted by Crippen LogP contribution is -3.00. The van der Waals surface area contributed by atoms with Crippen molar-refractivity contribution >= 4 is 5.69 Å². The Hall–Kier alpha value is -2.47. The first kappa shape index (κ1) is 23.8. The molecule has 7 nitrogen and oxygen atoms in total. The summed E-state index contributed by atoms with van der Waals surface area (Å²) in [5.74, 6) is -0.559. The standard InChI is InChI=1S/C19H22F4N2O5/c1-17(2,13-9-12(20)6-7-15(13)30-3)10-18(27,19(21,22)23)11-24-8-4-5-14(16(24)26)25(28)29/h4-9,25,27-28H,10-11H2,1-3H3. The average Bonchev–Trinajstić information content (AvgIpc) is 2.61. The summed E-state index contributed by atoms with van der Waals surface area (Å²) in [6.07, 6.45) is -5.17. The van der Waals surface area contributed by atoms with Gasteiger partial charge in [0, 0.05) is 17.8 Å². The molecule has 0 aliphatic heterocycles. The van der Waals surface area contributed by atoms with Crippen molar-refractivity contribution in [1.29, 1.82) is 0 Å². The third kappa shape index (κ3) is 4.81. The fourth-order valence-corrected chi connectivity index (χ4v) is 3.39. The summed E-state index contributed by atoms with van der Waals surface area (Å²) in [4.78, 5) is 12.2. The van der Waals surface area contributed by atoms with Crippen LogP contribution in [0.5, 0.6) is 5.75 Å². The Bertz CT molecular complexity index is 959. The Morgan fingerprint density at radius 2 is 1.87 bits per heavy atom. The van der Waals surface area contributed by atoms with Crippen molar-refractivity contribution < 1.29 is 37.8 Å². The second-order valence-electron chi connectivity index (χ2n) is 7.59. The lowest BCUT2D eigenvalue weighted by atomic mass is 9.74. The molecule has 0 aliphatic carbocycles. The maximum atomic E-state index is 13.9. The van der Waals surface area contributed by atoms with Crippen LogP contribution in [0.3, 0.4) is 0 Å². The molecule has 0 saturated carbocycles. The fourth-order valence-electron chi connectivity index (χ4n) is 3.39. The SMILES string of the molecule is COc1ccc(F)cc1C(C)(C)CC(O)(Cn1cccc([NH+]([O-])O)c1=O)C(F)(F)F. The molecule has 0 spiro atoms. The predicted octanol–water partition coefficient (Wildman–Crippen LogP) is 2.06. The third-order valence-corrected chi connectivity index (χ3v) is 4.84. The van der Waals surface area contributed by atoms with Gasteiger partial charge in [0.1, 0.15) is 11.6 Å². The van der Waals surface area contributed by atoms with E-state index in [2.05, 4.69) is 0 Å². The lowest BCUT2D eigenvalue weighted by molar-refractivity contribution is -0.992. The van der Waals surface area contributed by atoms with Gasteiger partial charge in [-0.15, -0.1) is 0 Å². The fraction of sp³-hybridized carbons (Fsp3) is 0.421. The van der Waals surface area contributed by atoms with Crippen LogP contribution < -0.4 is 15.5 Å². The number of aliphatic hydroxyl groups is 1. The van der Waals surface area contributed by atoms with Gasteiger partial charge in [0.15, 0.2) is 5.60 Å². The molecule has 166 valence electrons. The van der Waals surface area contributed by atoms with E-state index in [0.29, 0.717) is 4.57 Å². The maximum absolute atomic E-state index is 13.9. The molecule has 3 N–H and O–H groups in total. The van der Waals surface area contributed by atoms with Gasteiger partial charge in [0.2, 0.25) is 5.69 Å². The minimum atomic E-state index is -5.18. The van der Waals surface area contributed by atoms with Gasteiger partial charge in [-0.1, -0.05) is 13.8 Å². The van der Waals surface area contributed by atoms with Gasteiger partial charge in [-0.05, 0) is 36.1 Å². The first-order valence-electron chi connectivity index (χ1n) is 8.78. The quantitative estimate of drug-likeness (QED) is 0.458. The highest BCUT2D eigenvalue weighted by molar-refractivity contribution is 5.39. The molecule has 11 heteroatoms. The molecule has 2 unspecified atom stereocenters. The van der Waals surface area contributed by atoms with Crippen LogP contribution in [-0.4, -0.2) is 33.8 Å². The number of nitrogens with zero attached hydrogens (tertiary/aromatic N) is 1. The van der Waals surface area contributed by atoms with Gasteiger partial charge in [-0.2, -0.15) is 18.4 Å². The number of hydrogen-bond acceptors (Lipinski definition) is 5. The summed E-state index contributed by atoms with van der Waals surface area (Å²) in [7, 11) is 1.28. The second-order valence-corrected chi connectivity index (χ2v) is 7.59. The van der Waals surface area contributed by atoms with Crippen LogP contribution in [0.2, 0.25) is 0 Å². The summed E-state index contributed by atoms with van der Waals surface area (Å²) >= 11 is 0. The first-order chi connectivity index (χ1) is 13.7. The Balaban J connectivity index is 2.52. The van der Waals surface area contributed by atoms with Crippen molar-refractivity contribution in [1.82, 2.24) is 4.57 Å². The number of quaternary nitrogens is 1. The Labute approximate surface area is 169 Å². The number of rotatable bonds is 7. The normalized spacial score (nSPS) is 15.5. The highest BCUT2D eigenvalue weighted by Crippen LogP contribution is 2.44. The van der Waals surface area contributed by atoms with Crippen molar-refractivity contribution in [3.05, 3.63) is 63.5 Å². The van der Waals surface area contributed by atoms with Crippen molar-refractivity contribution in [2.75, 3.05) is 7.11 Å². The molecule has 1 aromatic carbocycles. The van der Waals surface area contributed by atoms with E-state index in [1.165, 1.54) is 27.0 Å². The average molecular weight is 434 g/mol. The monoisotopic (exact) mass is 434 g/mol. The van der Waals surface area contributed by atoms with Gasteiger partial charge in [0.25, 0.3) is 0 Å². The van der Waals surface area contributed by atoms with E-state index in [-0.39, 0.29) is 11.3 Å². The summed E-state index contributed by atoms with van der Waals surface area (Å²) in [5.41, 5.74) is -6.68. The van der Waals surface area contributed by atoms with Gasteiger partial charge >= 0.3 is 11.7 Å². The lowest BCUT2D eigenvalue weighted by Gasteiger charge is -2.38. The highest BCUT2D eigenvalue weighted by Gasteiger charge is 2.56. The molecule has 1 aromatic heterocycles. The Morgan fingerprint density at radius 1 is 1.23 bits per heavy atom. The molecule has 1 heterocycles. The molecule has 0 fully saturated rings. The van der Waals surface area contributed by atoms with E-state index in [1.807, 2.05) is 0 Å². The number of alkyl halides is 3. The van der Waals surface area contributed by atoms with Gasteiger partial charge in [-0.3, -0.25) is 4.79 Å². The molecule has 2 rings (SSSR count). The van der Waals surface area contributed by atoms with Crippen LogP contribution in [-0.2, 0) is 12.0 Å². The van der Waals surface area contributed by atoms with E-state index in [1.54, 1.807) is 0 Å². The van der Waals surface area contributed by atoms with Crippen LogP contribution in [0.15, 0.2) is 41.3 Å². The molecular formula is C19H22F4N2O5. The number of ether oxygens (including phenoxy) is 1. The van der Waals surface area contributed by atoms with E-state index in [4.69, 9.17) is 9.94 Å². The van der Waals surface area contributed by atoms with E-state index in [0.717, 1.165) is 30.5 Å². The minimum Gasteiger partial charge on any atom is -0.595 e. The van der Waals surface area contributed by atoms with Gasteiger partial charge in [-0.25, -0.2) is 9.60 Å². The number of aromatic nitrogens is 1. The summed E-state index contributed by atoms with van der Waals surface area (Å²) in [5, 5.41) is 29.1. The molecule has 30 heavy (non-hydrogen) atoms. The molecular weight excluding hydrogens is 412 g/mol. The number of halogens is 4. The van der Waals surface area contributed by atoms with Crippen molar-refractivity contribution in [3.8, 4) is 5.75 Å². The zero-order chi connectivity index (χ0) is 22.9. The number of benzene rings is 1. The summed E-state index contributed by atoms with van der Waals surface area (Å²) < 4.78 is 61.1. The number of hydrogen-bond donors (Lipinski definition) is 3. The maximum Gasteiger partial charge on any atom is 0.418 e. The van der Waals surface area contributed by atoms with Crippen LogP contribution in [0.4, 0.5) is 23.2 Å². The molecule has 0 radical (unpaired) electrons. The predicted molar refractivity (Wildman–Crippen MR) is 98.1 cm³/mol. The van der Waals surface area contributed by atoms with Crippen molar-refractivity contribution in [2.24, 2.45) is 0 Å². The van der Waals surface area contributed by atoms with Crippen molar-refractivity contribution in [3.63, 3.8) is 0 Å². The van der Waals surface area contributed by atoms with E-state index >= 15 is 0 Å². The molecule has 2 atom stereocenters. The topological polar surface area (TPSA) is 99.2 Å². The van der Waals surface area contributed by atoms with Crippen LogP contribution in [0, 0.1) is 11.0 Å². The highest BCUT2D eigenvalue weighted by atomic mass is 19.4. The van der Waals surface area contributed by atoms with Crippen LogP contribution in [0.1, 0.15) is 25.8 Å². The van der Waals surface area contributed by atoms with Crippen LogP contribution in [0.25, 0.3) is 0 Å². The molecule has 0 aliphatic rings. The number of pyridine rings is 1. The number of nitrogens with one attached hydrogen (secondary N) is 1. The van der Waals surface area contributed by atoms with Gasteiger partial charge < -0.3 is 19.6 Å². The largest absolute Gasteiger partial charge is 0.595 e. The molecule has 2 aromatic rings. The summed E-state index contributed by atoms with van der Waals surface area (Å²) in [6, 6.07) is 5.43. The van der Waals surface area contributed by atoms with Crippen LogP contribution >= 0.6 is 0 Å². The first-order valence-corrected chi connectivity index (χ1v) is 8.78. The Morgan fingerprint density at radius 3 is 2.40 bits per heavy atom. The molecule has 0 bridgehead atoms. The van der Waals surface area contributed by atoms with Crippen molar-refractivity contribution in [2.45, 2.75) is 44.0 Å². The van der Waals surface area contributed by atoms with E-state index < -0.39 is 52.4 Å². The zero-order valence-electron chi connectivity index (χ0n) is 16.5. The molecule has 0 saturated heterocycles. The minimum absolute atomic E-state index is 0.0966. The smallest absolute Gasteiger partial charge is 0.418 e. The summed E-state index contributed by atoms with van der Waals surface area (Å²) in [6.45, 7) is 1.51. The third-order valence-electron chi connectivity index (χ3n) is 4.84. The van der Waals surface area contributed by atoms with E-state index in [9.17, 15) is 32.7 Å². The zero-order valence-corrected chi connectivity index (χ0v) is 16.5. The Kier molecular flexibility index (Phi) is 6.62. The second kappa shape index (κ2) is 8.34. The number of methoxy groups -OCH3 is 1. The van der Waals surface area contributed by atoms with Gasteiger partial charge in [0.05, 0.1) is 13.7 Å². The molecule has 0 amide bonds.